The predicted octanol–water partition coefficient (Wildman–Crippen LogP) is 3.25. The quantitative estimate of drug-likeness (QED) is 0.580. The Morgan fingerprint density at radius 2 is 1.80 bits per heavy atom. The molecule has 0 spiro atoms. The van der Waals surface area contributed by atoms with E-state index < -0.39 is 27.8 Å². The summed E-state index contributed by atoms with van der Waals surface area (Å²) in [7, 11) is -3.21. The Kier molecular flexibility index (Phi) is 4.52. The molecule has 2 aliphatic rings. The van der Waals surface area contributed by atoms with Crippen molar-refractivity contribution < 1.29 is 17.6 Å². The molecule has 1 aromatic heterocycles. The number of amides is 1. The summed E-state index contributed by atoms with van der Waals surface area (Å²) in [6, 6.07) is 13.4. The molecule has 3 aromatic rings. The molecular weight excluding hydrogens is 422 g/mol. The molecule has 8 heteroatoms. The Labute approximate surface area is 177 Å². The van der Waals surface area contributed by atoms with E-state index in [1.165, 1.54) is 0 Å². The minimum Gasteiger partial charge on any atom is -0.450 e. The van der Waals surface area contributed by atoms with Gasteiger partial charge in [-0.05, 0) is 42.5 Å². The van der Waals surface area contributed by atoms with Gasteiger partial charge < -0.3 is 9.32 Å². The fourth-order valence-corrected chi connectivity index (χ4v) is 6.54. The number of sulfone groups is 1. The monoisotopic (exact) mass is 441 g/mol. The van der Waals surface area contributed by atoms with Crippen molar-refractivity contribution in [2.24, 2.45) is 0 Å². The summed E-state index contributed by atoms with van der Waals surface area (Å²) in [5.74, 6) is -0.463. The Morgan fingerprint density at radius 3 is 2.47 bits per heavy atom. The highest BCUT2D eigenvalue weighted by molar-refractivity contribution is 7.98. The molecule has 0 bridgehead atoms. The number of para-hydroxylation sites is 1. The van der Waals surface area contributed by atoms with Crippen LogP contribution in [0.15, 0.2) is 62.6 Å². The van der Waals surface area contributed by atoms with Crippen LogP contribution in [0.4, 0.5) is 0 Å². The van der Waals surface area contributed by atoms with E-state index in [2.05, 4.69) is 0 Å². The van der Waals surface area contributed by atoms with Crippen LogP contribution in [0.5, 0.6) is 0 Å². The minimum atomic E-state index is -3.21. The molecule has 154 valence electrons. The third kappa shape index (κ3) is 2.97. The number of rotatable bonds is 3. The maximum Gasteiger partial charge on any atom is 0.291 e. The van der Waals surface area contributed by atoms with Gasteiger partial charge in [0.2, 0.25) is 5.76 Å². The third-order valence-corrected chi connectivity index (χ3v) is 8.34. The molecule has 30 heavy (non-hydrogen) atoms. The van der Waals surface area contributed by atoms with Gasteiger partial charge >= 0.3 is 0 Å². The van der Waals surface area contributed by atoms with E-state index in [0.29, 0.717) is 23.0 Å². The van der Waals surface area contributed by atoms with Crippen LogP contribution in [0.25, 0.3) is 11.0 Å². The van der Waals surface area contributed by atoms with Crippen molar-refractivity contribution in [3.05, 3.63) is 75.6 Å². The zero-order valence-electron chi connectivity index (χ0n) is 16.2. The number of benzene rings is 2. The number of fused-ring (bicyclic) bond motifs is 2. The lowest BCUT2D eigenvalue weighted by Crippen LogP contribution is -2.40. The van der Waals surface area contributed by atoms with Gasteiger partial charge in [0.25, 0.3) is 5.91 Å². The maximum atomic E-state index is 13.4. The number of nitrogens with zero attached hydrogens (tertiary/aromatic N) is 1. The van der Waals surface area contributed by atoms with E-state index in [0.717, 1.165) is 10.5 Å². The van der Waals surface area contributed by atoms with E-state index in [4.69, 9.17) is 4.42 Å². The summed E-state index contributed by atoms with van der Waals surface area (Å²) < 4.78 is 30.2. The fourth-order valence-electron chi connectivity index (χ4n) is 4.42. The Hall–Kier alpha value is -2.58. The fraction of sp³-hybridized carbons (Fsp3) is 0.273. The van der Waals surface area contributed by atoms with Gasteiger partial charge in [-0.25, -0.2) is 8.42 Å². The van der Waals surface area contributed by atoms with Crippen LogP contribution in [0.1, 0.15) is 34.1 Å². The number of thioether (sulfide) groups is 1. The molecule has 2 aliphatic heterocycles. The standard InChI is InChI=1S/C22H19NO5S2/c1-29-15-8-6-13(7-9-15)19-18-20(24)16-4-2-3-5-17(16)28-21(18)22(25)23(19)14-10-11-30(26,27)12-14/h2-9,14,19H,10-12H2,1H3. The number of carbonyl (C=O) groups is 1. The highest BCUT2D eigenvalue weighted by Gasteiger charge is 2.48. The summed E-state index contributed by atoms with van der Waals surface area (Å²) in [5, 5.41) is 0.413. The summed E-state index contributed by atoms with van der Waals surface area (Å²) in [6.45, 7) is 0. The van der Waals surface area contributed by atoms with Crippen molar-refractivity contribution in [3.63, 3.8) is 0 Å². The molecule has 1 fully saturated rings. The van der Waals surface area contributed by atoms with Crippen molar-refractivity contribution in [1.82, 2.24) is 4.90 Å². The zero-order chi connectivity index (χ0) is 21.0. The first-order chi connectivity index (χ1) is 14.4. The van der Waals surface area contributed by atoms with Gasteiger partial charge in [0, 0.05) is 10.9 Å². The number of hydrogen-bond donors (Lipinski definition) is 0. The average molecular weight is 442 g/mol. The molecule has 0 radical (unpaired) electrons. The van der Waals surface area contributed by atoms with Crippen LogP contribution < -0.4 is 5.43 Å². The van der Waals surface area contributed by atoms with E-state index in [1.807, 2.05) is 30.5 Å². The van der Waals surface area contributed by atoms with Gasteiger partial charge in [-0.3, -0.25) is 9.59 Å². The van der Waals surface area contributed by atoms with Crippen molar-refractivity contribution in [2.75, 3.05) is 17.8 Å². The van der Waals surface area contributed by atoms with E-state index in [9.17, 15) is 18.0 Å². The van der Waals surface area contributed by atoms with E-state index in [1.54, 1.807) is 40.9 Å². The van der Waals surface area contributed by atoms with E-state index >= 15 is 0 Å². The van der Waals surface area contributed by atoms with Crippen LogP contribution >= 0.6 is 11.8 Å². The Bertz CT molecular complexity index is 1330. The molecule has 1 saturated heterocycles. The Morgan fingerprint density at radius 1 is 1.07 bits per heavy atom. The van der Waals surface area contributed by atoms with Crippen LogP contribution in [-0.2, 0) is 9.84 Å². The highest BCUT2D eigenvalue weighted by atomic mass is 32.2. The maximum absolute atomic E-state index is 13.4. The summed E-state index contributed by atoms with van der Waals surface area (Å²) in [6.07, 6.45) is 2.33. The van der Waals surface area contributed by atoms with Gasteiger partial charge in [0.15, 0.2) is 15.3 Å². The molecular formula is C22H19NO5S2. The lowest BCUT2D eigenvalue weighted by molar-refractivity contribution is 0.0662. The topological polar surface area (TPSA) is 84.7 Å². The predicted molar refractivity (Wildman–Crippen MR) is 116 cm³/mol. The number of carbonyl (C=O) groups excluding carboxylic acids is 1. The van der Waals surface area contributed by atoms with Crippen molar-refractivity contribution in [1.29, 1.82) is 0 Å². The molecule has 0 saturated carbocycles. The molecule has 5 rings (SSSR count). The normalized spacial score (nSPS) is 22.6. The summed E-state index contributed by atoms with van der Waals surface area (Å²) in [4.78, 5) is 29.4. The SMILES string of the molecule is CSc1ccc(C2c3c(oc4ccccc4c3=O)C(=O)N2C2CCS(=O)(=O)C2)cc1. The van der Waals surface area contributed by atoms with Crippen LogP contribution in [0.3, 0.4) is 0 Å². The minimum absolute atomic E-state index is 0.0157. The molecule has 2 unspecified atom stereocenters. The van der Waals surface area contributed by atoms with Crippen molar-refractivity contribution in [2.45, 2.75) is 23.4 Å². The van der Waals surface area contributed by atoms with Crippen molar-refractivity contribution >= 4 is 38.5 Å². The van der Waals surface area contributed by atoms with Crippen LogP contribution in [-0.4, -0.2) is 43.0 Å². The van der Waals surface area contributed by atoms with Gasteiger partial charge in [0.05, 0.1) is 28.5 Å². The average Bonchev–Trinajstić information content (AvgIpc) is 3.25. The molecule has 2 aromatic carbocycles. The lowest BCUT2D eigenvalue weighted by Gasteiger charge is -2.30. The molecule has 0 aliphatic carbocycles. The summed E-state index contributed by atoms with van der Waals surface area (Å²) >= 11 is 1.60. The first-order valence-electron chi connectivity index (χ1n) is 9.62. The third-order valence-electron chi connectivity index (χ3n) is 5.85. The van der Waals surface area contributed by atoms with Gasteiger partial charge in [-0.1, -0.05) is 24.3 Å². The molecule has 1 amide bonds. The van der Waals surface area contributed by atoms with E-state index in [-0.39, 0.29) is 22.7 Å². The second-order valence-electron chi connectivity index (χ2n) is 7.62. The lowest BCUT2D eigenvalue weighted by atomic mass is 9.97. The number of hydrogen-bond acceptors (Lipinski definition) is 6. The van der Waals surface area contributed by atoms with Crippen LogP contribution in [0, 0.1) is 0 Å². The first-order valence-corrected chi connectivity index (χ1v) is 12.7. The van der Waals surface area contributed by atoms with Crippen molar-refractivity contribution in [3.8, 4) is 0 Å². The molecule has 6 nitrogen and oxygen atoms in total. The summed E-state index contributed by atoms with van der Waals surface area (Å²) in [5.41, 5.74) is 1.17. The molecule has 3 heterocycles. The van der Waals surface area contributed by atoms with Gasteiger partial charge in [0.1, 0.15) is 5.58 Å². The zero-order valence-corrected chi connectivity index (χ0v) is 17.8. The second kappa shape index (κ2) is 6.99. The van der Waals surface area contributed by atoms with Gasteiger partial charge in [-0.2, -0.15) is 0 Å². The highest BCUT2D eigenvalue weighted by Crippen LogP contribution is 2.41. The first kappa shape index (κ1) is 19.4. The smallest absolute Gasteiger partial charge is 0.291 e. The van der Waals surface area contributed by atoms with Crippen LogP contribution in [0.2, 0.25) is 0 Å². The van der Waals surface area contributed by atoms with Gasteiger partial charge in [-0.15, -0.1) is 11.8 Å². The Balaban J connectivity index is 1.74. The molecule has 2 atom stereocenters. The second-order valence-corrected chi connectivity index (χ2v) is 10.7. The largest absolute Gasteiger partial charge is 0.450 e. The molecule has 0 N–H and O–H groups in total.